The van der Waals surface area contributed by atoms with Crippen molar-refractivity contribution in [1.82, 2.24) is 10.6 Å². The van der Waals surface area contributed by atoms with Crippen molar-refractivity contribution in [3.63, 3.8) is 0 Å². The lowest BCUT2D eigenvalue weighted by molar-refractivity contribution is 0.0941. The lowest BCUT2D eigenvalue weighted by Gasteiger charge is -2.17. The minimum absolute atomic E-state index is 0.0420. The number of amides is 2. The fraction of sp³-hybridized carbons (Fsp3) is 0.520. The number of allylic oxidation sites excluding steroid dienone is 1. The number of benzene rings is 4. The van der Waals surface area contributed by atoms with E-state index in [-0.39, 0.29) is 34.4 Å². The molecule has 4 rings (SSSR count). The Balaban J connectivity index is 1.37. The van der Waals surface area contributed by atoms with Crippen LogP contribution in [0.5, 0.6) is 11.5 Å². The van der Waals surface area contributed by atoms with Crippen LogP contribution in [-0.4, -0.2) is 35.1 Å². The number of hydrogen-bond acceptors (Lipinski definition) is 4. The number of hydrogen-bond donors (Lipinski definition) is 4. The Morgan fingerprint density at radius 2 is 0.821 bits per heavy atom. The number of fused-ring (bicyclic) bond motifs is 2. The van der Waals surface area contributed by atoms with E-state index < -0.39 is 0 Å². The molecule has 4 N–H and O–H groups in total. The number of phenolic OH excluding ortho intramolecular Hbond substituents is 2. The standard InChI is InChI=1S/C50H70N2O4/c1-4-6-8-10-12-14-16-18-20-26-32-51-49(55)45-36-39-28-22-24-30-41(39)43(47(45)53)34-38(3)35-44-42-31-25-23-29-40(42)37-46(48(44)54)50(56)52-33-27-21-19-17-15-13-11-9-7-5-2/h22-25,28-31,36-37,53-54H,3-21,26-27,32-35H2,1-2H3,(H,51,55)(H,52,56). The number of carbonyl (C=O) groups is 2. The summed E-state index contributed by atoms with van der Waals surface area (Å²) in [6.07, 6.45) is 25.2. The Bertz CT molecular complexity index is 1700. The Morgan fingerprint density at radius 3 is 1.18 bits per heavy atom. The molecule has 0 saturated heterocycles. The second kappa shape index (κ2) is 25.0. The Kier molecular flexibility index (Phi) is 19.8. The molecule has 0 saturated carbocycles. The molecule has 6 nitrogen and oxygen atoms in total. The van der Waals surface area contributed by atoms with Crippen LogP contribution in [0.15, 0.2) is 72.8 Å². The molecule has 0 radical (unpaired) electrons. The molecular weight excluding hydrogens is 693 g/mol. The van der Waals surface area contributed by atoms with Crippen molar-refractivity contribution in [3.8, 4) is 11.5 Å². The van der Waals surface area contributed by atoms with Gasteiger partial charge in [0.1, 0.15) is 11.5 Å². The first-order chi connectivity index (χ1) is 27.3. The van der Waals surface area contributed by atoms with Crippen LogP contribution in [0.4, 0.5) is 0 Å². The third-order valence-corrected chi connectivity index (χ3v) is 11.2. The Labute approximate surface area is 337 Å². The number of carbonyl (C=O) groups excluding carboxylic acids is 2. The highest BCUT2D eigenvalue weighted by molar-refractivity contribution is 6.04. The second-order valence-electron chi connectivity index (χ2n) is 15.9. The van der Waals surface area contributed by atoms with Crippen LogP contribution in [0.3, 0.4) is 0 Å². The number of nitrogens with one attached hydrogen (secondary N) is 2. The van der Waals surface area contributed by atoms with Crippen molar-refractivity contribution in [2.24, 2.45) is 0 Å². The summed E-state index contributed by atoms with van der Waals surface area (Å²) >= 11 is 0. The zero-order valence-corrected chi connectivity index (χ0v) is 34.7. The van der Waals surface area contributed by atoms with Gasteiger partial charge in [-0.3, -0.25) is 9.59 Å². The smallest absolute Gasteiger partial charge is 0.255 e. The molecule has 6 heteroatoms. The fourth-order valence-corrected chi connectivity index (χ4v) is 7.91. The maximum absolute atomic E-state index is 13.4. The van der Waals surface area contributed by atoms with Gasteiger partial charge in [0.05, 0.1) is 11.1 Å². The predicted molar refractivity (Wildman–Crippen MR) is 236 cm³/mol. The number of phenols is 2. The average molecular weight is 763 g/mol. The van der Waals surface area contributed by atoms with E-state index in [0.29, 0.717) is 37.1 Å². The lowest BCUT2D eigenvalue weighted by atomic mass is 9.90. The van der Waals surface area contributed by atoms with E-state index >= 15 is 0 Å². The molecule has 56 heavy (non-hydrogen) atoms. The quantitative estimate of drug-likeness (QED) is 0.0342. The number of aromatic hydroxyl groups is 2. The van der Waals surface area contributed by atoms with Crippen LogP contribution < -0.4 is 10.6 Å². The van der Waals surface area contributed by atoms with Gasteiger partial charge in [0.2, 0.25) is 0 Å². The van der Waals surface area contributed by atoms with Gasteiger partial charge in [0.25, 0.3) is 11.8 Å². The molecule has 0 aliphatic heterocycles. The molecule has 2 amide bonds. The Morgan fingerprint density at radius 1 is 0.500 bits per heavy atom. The van der Waals surface area contributed by atoms with Crippen LogP contribution in [0.25, 0.3) is 21.5 Å². The predicted octanol–water partition coefficient (Wildman–Crippen LogP) is 13.0. The molecule has 0 aliphatic rings. The zero-order chi connectivity index (χ0) is 40.0. The normalized spacial score (nSPS) is 11.3. The van der Waals surface area contributed by atoms with Crippen LogP contribution in [-0.2, 0) is 12.8 Å². The summed E-state index contributed by atoms with van der Waals surface area (Å²) in [5, 5.41) is 32.7. The molecule has 0 spiro atoms. The summed E-state index contributed by atoms with van der Waals surface area (Å²) in [7, 11) is 0. The highest BCUT2D eigenvalue weighted by Crippen LogP contribution is 2.37. The van der Waals surface area contributed by atoms with Crippen molar-refractivity contribution in [2.75, 3.05) is 13.1 Å². The third kappa shape index (κ3) is 14.0. The molecule has 0 bridgehead atoms. The van der Waals surface area contributed by atoms with Gasteiger partial charge >= 0.3 is 0 Å². The van der Waals surface area contributed by atoms with E-state index in [1.54, 1.807) is 12.1 Å². The molecule has 4 aromatic carbocycles. The van der Waals surface area contributed by atoms with E-state index in [4.69, 9.17) is 0 Å². The van der Waals surface area contributed by atoms with Crippen molar-refractivity contribution in [1.29, 1.82) is 0 Å². The minimum Gasteiger partial charge on any atom is -0.507 e. The highest BCUT2D eigenvalue weighted by Gasteiger charge is 2.22. The van der Waals surface area contributed by atoms with E-state index in [1.807, 2.05) is 48.5 Å². The van der Waals surface area contributed by atoms with Crippen molar-refractivity contribution >= 4 is 33.4 Å². The van der Waals surface area contributed by atoms with Gasteiger partial charge in [-0.15, -0.1) is 0 Å². The van der Waals surface area contributed by atoms with Gasteiger partial charge in [-0.25, -0.2) is 0 Å². The maximum atomic E-state index is 13.4. The molecule has 0 aromatic heterocycles. The molecule has 0 unspecified atom stereocenters. The summed E-state index contributed by atoms with van der Waals surface area (Å²) in [4.78, 5) is 26.8. The van der Waals surface area contributed by atoms with Crippen LogP contribution in [0.1, 0.15) is 174 Å². The minimum atomic E-state index is -0.281. The van der Waals surface area contributed by atoms with E-state index in [1.165, 1.54) is 103 Å². The summed E-state index contributed by atoms with van der Waals surface area (Å²) < 4.78 is 0. The SMILES string of the molecule is C=C(Cc1c(O)c(C(=O)NCCCCCCCCCCCC)cc2ccccc12)Cc1c(O)c(C(=O)NCCCCCCCCCCCC)cc2ccccc12. The summed E-state index contributed by atoms with van der Waals surface area (Å²) in [6.45, 7) is 10.0. The van der Waals surface area contributed by atoms with Crippen LogP contribution in [0, 0.1) is 0 Å². The number of unbranched alkanes of at least 4 members (excludes halogenated alkanes) is 18. The summed E-state index contributed by atoms with van der Waals surface area (Å²) in [5.74, 6) is -0.647. The molecular formula is C50H70N2O4. The molecule has 0 heterocycles. The molecule has 0 fully saturated rings. The molecule has 4 aromatic rings. The van der Waals surface area contributed by atoms with Gasteiger partial charge in [-0.05, 0) is 59.4 Å². The maximum Gasteiger partial charge on any atom is 0.255 e. The third-order valence-electron chi connectivity index (χ3n) is 11.2. The van der Waals surface area contributed by atoms with Gasteiger partial charge < -0.3 is 20.8 Å². The zero-order valence-electron chi connectivity index (χ0n) is 34.7. The fourth-order valence-electron chi connectivity index (χ4n) is 7.91. The lowest BCUT2D eigenvalue weighted by Crippen LogP contribution is -2.25. The monoisotopic (exact) mass is 763 g/mol. The van der Waals surface area contributed by atoms with Crippen LogP contribution in [0.2, 0.25) is 0 Å². The molecule has 0 atom stereocenters. The second-order valence-corrected chi connectivity index (χ2v) is 15.9. The molecule has 0 aliphatic carbocycles. The van der Waals surface area contributed by atoms with Gasteiger partial charge in [-0.2, -0.15) is 0 Å². The van der Waals surface area contributed by atoms with Crippen molar-refractivity contribution in [2.45, 2.75) is 155 Å². The topological polar surface area (TPSA) is 98.7 Å². The van der Waals surface area contributed by atoms with Gasteiger partial charge in [-0.1, -0.05) is 190 Å². The van der Waals surface area contributed by atoms with E-state index in [2.05, 4.69) is 31.1 Å². The van der Waals surface area contributed by atoms with Crippen molar-refractivity contribution in [3.05, 3.63) is 95.1 Å². The Hall–Kier alpha value is -4.32. The average Bonchev–Trinajstić information content (AvgIpc) is 3.20. The summed E-state index contributed by atoms with van der Waals surface area (Å²) in [6, 6.07) is 19.1. The first kappa shape index (κ1) is 44.4. The first-order valence-electron chi connectivity index (χ1n) is 22.1. The van der Waals surface area contributed by atoms with Crippen LogP contribution >= 0.6 is 0 Å². The van der Waals surface area contributed by atoms with Crippen molar-refractivity contribution < 1.29 is 19.8 Å². The van der Waals surface area contributed by atoms with E-state index in [0.717, 1.165) is 52.8 Å². The summed E-state index contributed by atoms with van der Waals surface area (Å²) in [5.41, 5.74) is 2.52. The van der Waals surface area contributed by atoms with Gasteiger partial charge in [0.15, 0.2) is 0 Å². The van der Waals surface area contributed by atoms with Gasteiger partial charge in [0, 0.05) is 24.2 Å². The first-order valence-corrected chi connectivity index (χ1v) is 22.1. The number of rotatable bonds is 28. The molecule has 304 valence electrons. The largest absolute Gasteiger partial charge is 0.507 e. The highest BCUT2D eigenvalue weighted by atomic mass is 16.3. The van der Waals surface area contributed by atoms with E-state index in [9.17, 15) is 19.8 Å².